The van der Waals surface area contributed by atoms with Crippen molar-refractivity contribution in [2.24, 2.45) is 0 Å². The number of thiophene rings is 1. The molecule has 1 unspecified atom stereocenters. The van der Waals surface area contributed by atoms with Crippen molar-refractivity contribution in [3.8, 4) is 0 Å². The predicted octanol–water partition coefficient (Wildman–Crippen LogP) is 1.58. The quantitative estimate of drug-likeness (QED) is 0.721. The summed E-state index contributed by atoms with van der Waals surface area (Å²) in [6.07, 6.45) is 0. The molecule has 3 atom stereocenters. The maximum absolute atomic E-state index is 13.0. The summed E-state index contributed by atoms with van der Waals surface area (Å²) >= 11 is 1.63. The van der Waals surface area contributed by atoms with Gasteiger partial charge >= 0.3 is 0 Å². The Labute approximate surface area is 165 Å². The lowest BCUT2D eigenvalue weighted by atomic mass is 10.2. The number of benzene rings is 1. The lowest BCUT2D eigenvalue weighted by Gasteiger charge is -2.27. The fourth-order valence-corrected chi connectivity index (χ4v) is 9.04. The molecule has 1 aliphatic rings. The second kappa shape index (κ2) is 8.00. The summed E-state index contributed by atoms with van der Waals surface area (Å²) in [5.74, 6) is -0.498. The van der Waals surface area contributed by atoms with Gasteiger partial charge in [0, 0.05) is 17.5 Å². The Morgan fingerprint density at radius 3 is 2.44 bits per heavy atom. The van der Waals surface area contributed by atoms with Gasteiger partial charge in [-0.05, 0) is 37.7 Å². The Morgan fingerprint density at radius 2 is 1.85 bits per heavy atom. The van der Waals surface area contributed by atoms with Crippen LogP contribution in [0.4, 0.5) is 0 Å². The van der Waals surface area contributed by atoms with Crippen LogP contribution < -0.4 is 5.32 Å². The zero-order valence-corrected chi connectivity index (χ0v) is 17.7. The fraction of sp³-hybridized carbons (Fsp3) is 0.444. The minimum Gasteiger partial charge on any atom is -0.310 e. The molecule has 6 nitrogen and oxygen atoms in total. The van der Waals surface area contributed by atoms with Crippen molar-refractivity contribution in [2.75, 3.05) is 32.1 Å². The average Bonchev–Trinajstić information content (AvgIpc) is 3.23. The van der Waals surface area contributed by atoms with Gasteiger partial charge in [0.05, 0.1) is 27.7 Å². The average molecular weight is 429 g/mol. The van der Waals surface area contributed by atoms with Crippen LogP contribution in [0.15, 0.2) is 52.7 Å². The van der Waals surface area contributed by atoms with E-state index < -0.39 is 31.0 Å². The second-order valence-corrected chi connectivity index (χ2v) is 12.3. The van der Waals surface area contributed by atoms with Crippen molar-refractivity contribution in [1.82, 2.24) is 10.2 Å². The number of hydrogen-bond donors (Lipinski definition) is 1. The standard InChI is InChI=1S/C18H24N2O4S3/c1-20(2)16(17-9-6-10-25-17)11-19-15-12-26(21,22)13-18(15)27(23,24)14-7-4-3-5-8-14/h3-10,15-16,18-19H,11-13H2,1-2H3/t15-,16?,18-/m0/s1. The SMILES string of the molecule is CN(C)C(CN[C@H]1CS(=O)(=O)C[C@@H]1S(=O)(=O)c1ccccc1)c1cccs1. The number of sulfone groups is 2. The summed E-state index contributed by atoms with van der Waals surface area (Å²) in [5.41, 5.74) is 0. The number of hydrogen-bond acceptors (Lipinski definition) is 7. The van der Waals surface area contributed by atoms with Crippen molar-refractivity contribution >= 4 is 31.0 Å². The molecule has 0 aliphatic carbocycles. The van der Waals surface area contributed by atoms with Crippen LogP contribution in [0.3, 0.4) is 0 Å². The van der Waals surface area contributed by atoms with Gasteiger partial charge in [0.25, 0.3) is 0 Å². The third-order valence-corrected chi connectivity index (χ3v) is 9.98. The van der Waals surface area contributed by atoms with Crippen LogP contribution in [0, 0.1) is 0 Å². The summed E-state index contributed by atoms with van der Waals surface area (Å²) in [6.45, 7) is 0.481. The molecule has 0 spiro atoms. The lowest BCUT2D eigenvalue weighted by molar-refractivity contribution is 0.285. The minimum atomic E-state index is -3.73. The maximum Gasteiger partial charge on any atom is 0.183 e. The molecule has 0 amide bonds. The lowest BCUT2D eigenvalue weighted by Crippen LogP contribution is -2.46. The van der Waals surface area contributed by atoms with E-state index >= 15 is 0 Å². The molecule has 1 N–H and O–H groups in total. The van der Waals surface area contributed by atoms with E-state index in [4.69, 9.17) is 0 Å². The second-order valence-electron chi connectivity index (χ2n) is 6.98. The molecule has 0 bridgehead atoms. The van der Waals surface area contributed by atoms with Crippen LogP contribution in [0.5, 0.6) is 0 Å². The van der Waals surface area contributed by atoms with E-state index in [1.807, 2.05) is 36.5 Å². The van der Waals surface area contributed by atoms with Crippen molar-refractivity contribution in [1.29, 1.82) is 0 Å². The van der Waals surface area contributed by atoms with Gasteiger partial charge in [-0.2, -0.15) is 0 Å². The Balaban J connectivity index is 1.82. The van der Waals surface area contributed by atoms with Crippen LogP contribution in [0.2, 0.25) is 0 Å². The Morgan fingerprint density at radius 1 is 1.15 bits per heavy atom. The molecule has 1 aromatic heterocycles. The molecule has 9 heteroatoms. The molecule has 2 heterocycles. The molecule has 148 valence electrons. The third kappa shape index (κ3) is 4.60. The van der Waals surface area contributed by atoms with Gasteiger partial charge in [-0.15, -0.1) is 11.3 Å². The van der Waals surface area contributed by atoms with E-state index in [0.29, 0.717) is 6.54 Å². The molecule has 1 aliphatic heterocycles. The van der Waals surface area contributed by atoms with Gasteiger partial charge in [-0.25, -0.2) is 16.8 Å². The molecular formula is C18H24N2O4S3. The van der Waals surface area contributed by atoms with Crippen molar-refractivity contribution in [2.45, 2.75) is 22.2 Å². The Hall–Kier alpha value is -1.26. The number of rotatable bonds is 7. The highest BCUT2D eigenvalue weighted by Gasteiger charge is 2.45. The van der Waals surface area contributed by atoms with Gasteiger partial charge in [-0.3, -0.25) is 0 Å². The van der Waals surface area contributed by atoms with Crippen LogP contribution in [0.1, 0.15) is 10.9 Å². The van der Waals surface area contributed by atoms with E-state index in [-0.39, 0.29) is 22.4 Å². The van der Waals surface area contributed by atoms with Gasteiger partial charge in [0.1, 0.15) is 0 Å². The molecule has 27 heavy (non-hydrogen) atoms. The van der Waals surface area contributed by atoms with Gasteiger partial charge in [0.2, 0.25) is 0 Å². The predicted molar refractivity (Wildman–Crippen MR) is 109 cm³/mol. The highest BCUT2D eigenvalue weighted by molar-refractivity contribution is 7.96. The molecule has 1 aromatic carbocycles. The maximum atomic E-state index is 13.0. The molecule has 0 radical (unpaired) electrons. The third-order valence-electron chi connectivity index (χ3n) is 4.84. The number of nitrogens with zero attached hydrogens (tertiary/aromatic N) is 1. The first-order chi connectivity index (χ1) is 12.7. The molecule has 0 saturated carbocycles. The molecule has 1 saturated heterocycles. The number of nitrogens with one attached hydrogen (secondary N) is 1. The zero-order valence-electron chi connectivity index (χ0n) is 15.3. The fourth-order valence-electron chi connectivity index (χ4n) is 3.38. The summed E-state index contributed by atoms with van der Waals surface area (Å²) < 4.78 is 50.5. The Bertz CT molecular complexity index is 955. The number of likely N-dealkylation sites (N-methyl/N-ethyl adjacent to an activating group) is 1. The van der Waals surface area contributed by atoms with Crippen LogP contribution in [-0.2, 0) is 19.7 Å². The molecule has 2 aromatic rings. The normalized spacial score (nSPS) is 23.5. The summed E-state index contributed by atoms with van der Waals surface area (Å²) in [6, 6.07) is 11.5. The van der Waals surface area contributed by atoms with Gasteiger partial charge < -0.3 is 10.2 Å². The summed E-state index contributed by atoms with van der Waals surface area (Å²) in [5, 5.41) is 4.26. The van der Waals surface area contributed by atoms with Crippen LogP contribution >= 0.6 is 11.3 Å². The van der Waals surface area contributed by atoms with Gasteiger partial charge in [-0.1, -0.05) is 24.3 Å². The first-order valence-corrected chi connectivity index (χ1v) is 12.9. The smallest absolute Gasteiger partial charge is 0.183 e. The highest BCUT2D eigenvalue weighted by atomic mass is 32.2. The summed E-state index contributed by atoms with van der Waals surface area (Å²) in [4.78, 5) is 3.36. The minimum absolute atomic E-state index is 0.0494. The van der Waals surface area contributed by atoms with Crippen LogP contribution in [-0.4, -0.2) is 65.2 Å². The topological polar surface area (TPSA) is 83.6 Å². The largest absolute Gasteiger partial charge is 0.310 e. The first-order valence-electron chi connectivity index (χ1n) is 8.63. The molecule has 1 fully saturated rings. The van der Waals surface area contributed by atoms with E-state index in [9.17, 15) is 16.8 Å². The van der Waals surface area contributed by atoms with Crippen molar-refractivity contribution in [3.63, 3.8) is 0 Å². The van der Waals surface area contributed by atoms with E-state index in [1.54, 1.807) is 29.5 Å². The Kier molecular flexibility index (Phi) is 6.07. The highest BCUT2D eigenvalue weighted by Crippen LogP contribution is 2.27. The molecule has 3 rings (SSSR count). The van der Waals surface area contributed by atoms with Crippen LogP contribution in [0.25, 0.3) is 0 Å². The monoisotopic (exact) mass is 428 g/mol. The van der Waals surface area contributed by atoms with Gasteiger partial charge in [0.15, 0.2) is 19.7 Å². The van der Waals surface area contributed by atoms with E-state index in [0.717, 1.165) is 4.88 Å². The summed E-state index contributed by atoms with van der Waals surface area (Å²) in [7, 11) is -3.24. The van der Waals surface area contributed by atoms with Crippen molar-refractivity contribution in [3.05, 3.63) is 52.7 Å². The van der Waals surface area contributed by atoms with E-state index in [2.05, 4.69) is 5.32 Å². The van der Waals surface area contributed by atoms with E-state index in [1.165, 1.54) is 12.1 Å². The molecular weight excluding hydrogens is 404 g/mol. The first kappa shape index (κ1) is 20.5. The zero-order chi connectivity index (χ0) is 19.7. The van der Waals surface area contributed by atoms with Crippen molar-refractivity contribution < 1.29 is 16.8 Å².